The topological polar surface area (TPSA) is 56.6 Å². The molecule has 0 fully saturated rings. The summed E-state index contributed by atoms with van der Waals surface area (Å²) in [5.41, 5.74) is 0.999. The zero-order chi connectivity index (χ0) is 19.6. The first kappa shape index (κ1) is 18.6. The van der Waals surface area contributed by atoms with Crippen LogP contribution in [0.25, 0.3) is 0 Å². The quantitative estimate of drug-likeness (QED) is 0.516. The van der Waals surface area contributed by atoms with Crippen molar-refractivity contribution in [3.8, 4) is 0 Å². The van der Waals surface area contributed by atoms with Crippen LogP contribution in [0.2, 0.25) is 0 Å². The van der Waals surface area contributed by atoms with Crippen molar-refractivity contribution in [1.29, 1.82) is 0 Å². The fraction of sp³-hybridized carbons (Fsp3) is 0.150. The smallest absolute Gasteiger partial charge is 0.416 e. The maximum Gasteiger partial charge on any atom is 0.416 e. The number of aliphatic hydroxyl groups excluding tert-OH is 1. The zero-order valence-corrected chi connectivity index (χ0v) is 14.5. The van der Waals surface area contributed by atoms with E-state index in [2.05, 4.69) is 22.2 Å². The molecule has 1 aliphatic heterocycles. The van der Waals surface area contributed by atoms with E-state index < -0.39 is 17.9 Å². The third kappa shape index (κ3) is 4.13. The highest BCUT2D eigenvalue weighted by Gasteiger charge is 2.36. The number of allylic oxidation sites excluding steroid dienone is 2. The number of aliphatic imine (C=N–C) groups is 1. The van der Waals surface area contributed by atoms with E-state index in [1.165, 1.54) is 25.1 Å². The van der Waals surface area contributed by atoms with Crippen LogP contribution in [-0.4, -0.2) is 10.9 Å². The minimum atomic E-state index is -4.49. The molecule has 0 radical (unpaired) electrons. The maximum absolute atomic E-state index is 13.4. The van der Waals surface area contributed by atoms with Gasteiger partial charge < -0.3 is 15.7 Å². The fourth-order valence-electron chi connectivity index (χ4n) is 2.87. The summed E-state index contributed by atoms with van der Waals surface area (Å²) < 4.78 is 40.2. The Labute approximate surface area is 154 Å². The first-order valence-electron chi connectivity index (χ1n) is 8.19. The van der Waals surface area contributed by atoms with E-state index in [0.29, 0.717) is 22.8 Å². The minimum Gasteiger partial charge on any atom is -0.513 e. The number of alkyl halides is 3. The SMILES string of the molecule is C=C(/C=C(\C)O)NC1=NC(c2ccccc2C(F)(F)F)Nc2ccccc21. The molecule has 1 atom stereocenters. The zero-order valence-electron chi connectivity index (χ0n) is 14.5. The average Bonchev–Trinajstić information content (AvgIpc) is 2.60. The maximum atomic E-state index is 13.4. The number of fused-ring (bicyclic) bond motifs is 1. The largest absolute Gasteiger partial charge is 0.513 e. The molecule has 2 aromatic carbocycles. The van der Waals surface area contributed by atoms with Crippen molar-refractivity contribution in [2.75, 3.05) is 5.32 Å². The Morgan fingerprint density at radius 1 is 1.19 bits per heavy atom. The molecule has 4 nitrogen and oxygen atoms in total. The number of para-hydroxylation sites is 1. The van der Waals surface area contributed by atoms with Gasteiger partial charge in [-0.05, 0) is 31.2 Å². The average molecular weight is 373 g/mol. The van der Waals surface area contributed by atoms with Crippen molar-refractivity contribution in [3.63, 3.8) is 0 Å². The van der Waals surface area contributed by atoms with Gasteiger partial charge in [-0.3, -0.25) is 0 Å². The lowest BCUT2D eigenvalue weighted by molar-refractivity contribution is -0.138. The molecule has 2 aromatic rings. The highest BCUT2D eigenvalue weighted by atomic mass is 19.4. The summed E-state index contributed by atoms with van der Waals surface area (Å²) in [4.78, 5) is 4.44. The van der Waals surface area contributed by atoms with E-state index in [-0.39, 0.29) is 11.3 Å². The van der Waals surface area contributed by atoms with Gasteiger partial charge in [0.15, 0.2) is 0 Å². The third-order valence-electron chi connectivity index (χ3n) is 3.96. The lowest BCUT2D eigenvalue weighted by Crippen LogP contribution is -2.30. The fourth-order valence-corrected chi connectivity index (χ4v) is 2.87. The van der Waals surface area contributed by atoms with Gasteiger partial charge in [0.1, 0.15) is 12.0 Å². The van der Waals surface area contributed by atoms with Crippen LogP contribution in [0.3, 0.4) is 0 Å². The molecule has 140 valence electrons. The van der Waals surface area contributed by atoms with Crippen LogP contribution >= 0.6 is 0 Å². The van der Waals surface area contributed by atoms with Crippen LogP contribution in [-0.2, 0) is 6.18 Å². The number of aliphatic hydroxyl groups is 1. The van der Waals surface area contributed by atoms with E-state index >= 15 is 0 Å². The first-order valence-corrected chi connectivity index (χ1v) is 8.19. The van der Waals surface area contributed by atoms with Gasteiger partial charge in [0.05, 0.1) is 11.3 Å². The van der Waals surface area contributed by atoms with Gasteiger partial charge in [-0.2, -0.15) is 13.2 Å². The number of amidine groups is 1. The van der Waals surface area contributed by atoms with Gasteiger partial charge in [-0.1, -0.05) is 36.9 Å². The summed E-state index contributed by atoms with van der Waals surface area (Å²) in [7, 11) is 0. The Balaban J connectivity index is 2.05. The van der Waals surface area contributed by atoms with Crippen LogP contribution in [0.4, 0.5) is 18.9 Å². The molecule has 0 aliphatic carbocycles. The van der Waals surface area contributed by atoms with Crippen molar-refractivity contribution in [2.45, 2.75) is 19.3 Å². The van der Waals surface area contributed by atoms with E-state index in [1.54, 1.807) is 30.3 Å². The highest BCUT2D eigenvalue weighted by Crippen LogP contribution is 2.38. The first-order chi connectivity index (χ1) is 12.8. The molecule has 1 unspecified atom stereocenters. The van der Waals surface area contributed by atoms with Crippen LogP contribution in [0.15, 0.2) is 77.6 Å². The van der Waals surface area contributed by atoms with Crippen LogP contribution in [0.1, 0.15) is 29.8 Å². The molecule has 1 heterocycles. The van der Waals surface area contributed by atoms with Crippen LogP contribution in [0, 0.1) is 0 Å². The lowest BCUT2D eigenvalue weighted by atomic mass is 10.0. The summed E-state index contributed by atoms with van der Waals surface area (Å²) in [6.45, 7) is 5.28. The molecule has 0 saturated heterocycles. The normalized spacial score (nSPS) is 16.8. The number of halogens is 3. The van der Waals surface area contributed by atoms with Gasteiger partial charge in [-0.25, -0.2) is 4.99 Å². The Bertz CT molecular complexity index is 928. The molecule has 0 aromatic heterocycles. The van der Waals surface area contributed by atoms with Gasteiger partial charge in [-0.15, -0.1) is 0 Å². The summed E-state index contributed by atoms with van der Waals surface area (Å²) in [5.74, 6) is 0.420. The molecule has 0 amide bonds. The standard InChI is InChI=1S/C20H18F3N3O/c1-12(11-13(2)27)24-19-15-8-4-6-10-17(15)25-18(26-19)14-7-3-5-9-16(14)20(21,22)23/h3-11,18,25,27H,1H2,2H3,(H,24,26)/b13-11+. The Morgan fingerprint density at radius 2 is 1.85 bits per heavy atom. The number of rotatable bonds is 3. The molecular formula is C20H18F3N3O. The summed E-state index contributed by atoms with van der Waals surface area (Å²) in [6.07, 6.45) is -4.00. The Morgan fingerprint density at radius 3 is 2.56 bits per heavy atom. The molecule has 7 heteroatoms. The predicted octanol–water partition coefficient (Wildman–Crippen LogP) is 5.14. The molecule has 0 saturated carbocycles. The summed E-state index contributed by atoms with van der Waals surface area (Å²) >= 11 is 0. The second kappa shape index (κ2) is 7.19. The molecular weight excluding hydrogens is 355 g/mol. The molecule has 0 bridgehead atoms. The van der Waals surface area contributed by atoms with Crippen LogP contribution in [0.5, 0.6) is 0 Å². The number of hydrogen-bond donors (Lipinski definition) is 3. The summed E-state index contributed by atoms with van der Waals surface area (Å²) in [6, 6.07) is 12.5. The summed E-state index contributed by atoms with van der Waals surface area (Å²) in [5, 5.41) is 15.4. The molecule has 27 heavy (non-hydrogen) atoms. The Hall–Kier alpha value is -3.22. The monoisotopic (exact) mass is 373 g/mol. The molecule has 3 N–H and O–H groups in total. The second-order valence-corrected chi connectivity index (χ2v) is 6.09. The van der Waals surface area contributed by atoms with Crippen molar-refractivity contribution >= 4 is 11.5 Å². The number of nitrogens with one attached hydrogen (secondary N) is 2. The molecule has 1 aliphatic rings. The van der Waals surface area contributed by atoms with Gasteiger partial charge in [0.25, 0.3) is 0 Å². The Kier molecular flexibility index (Phi) is 4.94. The van der Waals surface area contributed by atoms with Crippen molar-refractivity contribution in [3.05, 3.63) is 89.3 Å². The lowest BCUT2D eigenvalue weighted by Gasteiger charge is -2.28. The van der Waals surface area contributed by atoms with Crippen molar-refractivity contribution in [1.82, 2.24) is 5.32 Å². The van der Waals surface area contributed by atoms with E-state index in [4.69, 9.17) is 0 Å². The molecule has 3 rings (SSSR count). The van der Waals surface area contributed by atoms with Gasteiger partial charge >= 0.3 is 6.18 Å². The second-order valence-electron chi connectivity index (χ2n) is 6.09. The van der Waals surface area contributed by atoms with E-state index in [1.807, 2.05) is 0 Å². The number of nitrogens with zero attached hydrogens (tertiary/aromatic N) is 1. The predicted molar refractivity (Wildman–Crippen MR) is 99.4 cm³/mol. The van der Waals surface area contributed by atoms with Gasteiger partial charge in [0, 0.05) is 22.5 Å². The van der Waals surface area contributed by atoms with Crippen molar-refractivity contribution < 1.29 is 18.3 Å². The number of benzene rings is 2. The number of anilines is 1. The number of hydrogen-bond acceptors (Lipinski definition) is 4. The van der Waals surface area contributed by atoms with Crippen molar-refractivity contribution in [2.24, 2.45) is 4.99 Å². The third-order valence-corrected chi connectivity index (χ3v) is 3.96. The van der Waals surface area contributed by atoms with Gasteiger partial charge in [0.2, 0.25) is 0 Å². The molecule has 0 spiro atoms. The minimum absolute atomic E-state index is 0.0262. The highest BCUT2D eigenvalue weighted by molar-refractivity contribution is 6.05. The van der Waals surface area contributed by atoms with E-state index in [9.17, 15) is 18.3 Å². The van der Waals surface area contributed by atoms with Crippen LogP contribution < -0.4 is 10.6 Å². The van der Waals surface area contributed by atoms with E-state index in [0.717, 1.165) is 6.07 Å².